The molecule has 5 rings (SSSR count). The molecule has 1 N–H and O–H groups in total. The standard InChI is InChI=1S/C26H31N7O3/c1-3-36-21-9-10-23-19(17-21)18-22(26(34)27-23)24(25-28-29-30-33(25)15-16-35-2)32-13-11-31(12-14-32)20-7-5-4-6-8-20/h4-10,17-18,24H,3,11-16H2,1-2H3,(H,27,34)/t24-/m1/s1. The number of piperazine rings is 1. The maximum absolute atomic E-state index is 13.4. The van der Waals surface area contributed by atoms with E-state index in [9.17, 15) is 4.79 Å². The van der Waals surface area contributed by atoms with Gasteiger partial charge in [-0.2, -0.15) is 0 Å². The number of fused-ring (bicyclic) bond motifs is 1. The van der Waals surface area contributed by atoms with Crippen LogP contribution in [0.25, 0.3) is 10.9 Å². The van der Waals surface area contributed by atoms with Crippen LogP contribution in [0.1, 0.15) is 24.4 Å². The summed E-state index contributed by atoms with van der Waals surface area (Å²) in [4.78, 5) is 21.1. The number of anilines is 1. The van der Waals surface area contributed by atoms with E-state index in [0.29, 0.717) is 31.1 Å². The van der Waals surface area contributed by atoms with E-state index < -0.39 is 6.04 Å². The van der Waals surface area contributed by atoms with E-state index in [1.165, 1.54) is 5.69 Å². The summed E-state index contributed by atoms with van der Waals surface area (Å²) in [5.74, 6) is 1.40. The van der Waals surface area contributed by atoms with Crippen LogP contribution in [0.15, 0.2) is 59.4 Å². The fourth-order valence-electron chi connectivity index (χ4n) is 4.78. The van der Waals surface area contributed by atoms with Crippen LogP contribution in [0.4, 0.5) is 5.69 Å². The molecule has 2 aromatic carbocycles. The van der Waals surface area contributed by atoms with Gasteiger partial charge < -0.3 is 19.4 Å². The van der Waals surface area contributed by atoms with Gasteiger partial charge in [0.15, 0.2) is 5.82 Å². The zero-order valence-corrected chi connectivity index (χ0v) is 20.6. The summed E-state index contributed by atoms with van der Waals surface area (Å²) in [6, 6.07) is 17.6. The molecular weight excluding hydrogens is 458 g/mol. The van der Waals surface area contributed by atoms with Crippen molar-refractivity contribution in [3.63, 3.8) is 0 Å². The molecule has 10 nitrogen and oxygen atoms in total. The third kappa shape index (κ3) is 4.95. The maximum Gasteiger partial charge on any atom is 0.253 e. The third-order valence-corrected chi connectivity index (χ3v) is 6.56. The lowest BCUT2D eigenvalue weighted by molar-refractivity contribution is 0.171. The highest BCUT2D eigenvalue weighted by atomic mass is 16.5. The van der Waals surface area contributed by atoms with Crippen molar-refractivity contribution in [1.29, 1.82) is 0 Å². The number of nitrogens with zero attached hydrogens (tertiary/aromatic N) is 6. The molecule has 1 aliphatic rings. The van der Waals surface area contributed by atoms with E-state index in [1.54, 1.807) is 11.8 Å². The summed E-state index contributed by atoms with van der Waals surface area (Å²) in [7, 11) is 1.65. The number of hydrogen-bond acceptors (Lipinski definition) is 8. The number of tetrazole rings is 1. The lowest BCUT2D eigenvalue weighted by Gasteiger charge is -2.39. The fourth-order valence-corrected chi connectivity index (χ4v) is 4.78. The quantitative estimate of drug-likeness (QED) is 0.383. The number of hydrogen-bond donors (Lipinski definition) is 1. The van der Waals surface area contributed by atoms with Crippen LogP contribution in [-0.4, -0.2) is 76.6 Å². The van der Waals surface area contributed by atoms with E-state index in [1.807, 2.05) is 37.3 Å². The number of methoxy groups -OCH3 is 1. The molecule has 0 saturated carbocycles. The highest BCUT2D eigenvalue weighted by molar-refractivity contribution is 5.80. The van der Waals surface area contributed by atoms with Crippen molar-refractivity contribution in [3.8, 4) is 5.75 Å². The third-order valence-electron chi connectivity index (χ3n) is 6.56. The minimum atomic E-state index is -0.404. The van der Waals surface area contributed by atoms with Crippen molar-refractivity contribution < 1.29 is 9.47 Å². The molecule has 0 aliphatic carbocycles. The van der Waals surface area contributed by atoms with Gasteiger partial charge in [-0.15, -0.1) is 5.10 Å². The lowest BCUT2D eigenvalue weighted by Crippen LogP contribution is -2.49. The second-order valence-corrected chi connectivity index (χ2v) is 8.75. The maximum atomic E-state index is 13.4. The SMILES string of the molecule is CCOc1ccc2[nH]c(=O)c([C@H](c3nnnn3CCOC)N3CCN(c4ccccc4)CC3)cc2c1. The van der Waals surface area contributed by atoms with Crippen molar-refractivity contribution >= 4 is 16.6 Å². The van der Waals surface area contributed by atoms with E-state index in [-0.39, 0.29) is 5.56 Å². The van der Waals surface area contributed by atoms with Crippen molar-refractivity contribution in [1.82, 2.24) is 30.1 Å². The highest BCUT2D eigenvalue weighted by Crippen LogP contribution is 2.29. The van der Waals surface area contributed by atoms with Crippen molar-refractivity contribution in [2.24, 2.45) is 0 Å². The van der Waals surface area contributed by atoms with E-state index >= 15 is 0 Å². The molecule has 4 aromatic rings. The molecule has 3 heterocycles. The summed E-state index contributed by atoms with van der Waals surface area (Å²) in [6.07, 6.45) is 0. The topological polar surface area (TPSA) is 101 Å². The zero-order chi connectivity index (χ0) is 24.9. The van der Waals surface area contributed by atoms with Gasteiger partial charge in [0.1, 0.15) is 11.8 Å². The first-order chi connectivity index (χ1) is 17.7. The van der Waals surface area contributed by atoms with E-state index in [2.05, 4.69) is 54.6 Å². The van der Waals surface area contributed by atoms with Gasteiger partial charge in [0, 0.05) is 55.4 Å². The molecule has 2 aromatic heterocycles. The van der Waals surface area contributed by atoms with Crippen molar-refractivity contribution in [2.75, 3.05) is 51.4 Å². The van der Waals surface area contributed by atoms with Crippen molar-refractivity contribution in [2.45, 2.75) is 19.5 Å². The number of para-hydroxylation sites is 1. The highest BCUT2D eigenvalue weighted by Gasteiger charge is 2.32. The molecule has 1 fully saturated rings. The van der Waals surface area contributed by atoms with E-state index in [0.717, 1.165) is 42.8 Å². The van der Waals surface area contributed by atoms with Gasteiger partial charge in [-0.25, -0.2) is 4.68 Å². The van der Waals surface area contributed by atoms with Crippen LogP contribution in [0.2, 0.25) is 0 Å². The van der Waals surface area contributed by atoms with Crippen LogP contribution < -0.4 is 15.2 Å². The summed E-state index contributed by atoms with van der Waals surface area (Å²) in [5, 5.41) is 13.4. The molecule has 0 spiro atoms. The number of rotatable bonds is 9. The molecule has 0 bridgehead atoms. The molecule has 10 heteroatoms. The number of aromatic amines is 1. The average Bonchev–Trinajstić information content (AvgIpc) is 3.37. The first-order valence-electron chi connectivity index (χ1n) is 12.3. The molecule has 1 aliphatic heterocycles. The summed E-state index contributed by atoms with van der Waals surface area (Å²) in [6.45, 7) is 6.68. The monoisotopic (exact) mass is 489 g/mol. The lowest BCUT2D eigenvalue weighted by atomic mass is 10.0. The second-order valence-electron chi connectivity index (χ2n) is 8.75. The molecule has 0 unspecified atom stereocenters. The smallest absolute Gasteiger partial charge is 0.253 e. The first kappa shape index (κ1) is 24.0. The summed E-state index contributed by atoms with van der Waals surface area (Å²) < 4.78 is 12.7. The van der Waals surface area contributed by atoms with Gasteiger partial charge in [-0.05, 0) is 53.7 Å². The van der Waals surface area contributed by atoms with Gasteiger partial charge in [-0.1, -0.05) is 18.2 Å². The minimum absolute atomic E-state index is 0.150. The molecule has 0 amide bonds. The predicted octanol–water partition coefficient (Wildman–Crippen LogP) is 2.47. The molecule has 1 atom stereocenters. The number of aromatic nitrogens is 5. The van der Waals surface area contributed by atoms with Gasteiger partial charge >= 0.3 is 0 Å². The van der Waals surface area contributed by atoms with Gasteiger partial charge in [-0.3, -0.25) is 9.69 Å². The van der Waals surface area contributed by atoms with Gasteiger partial charge in [0.2, 0.25) is 0 Å². The Morgan fingerprint density at radius 1 is 1.06 bits per heavy atom. The zero-order valence-electron chi connectivity index (χ0n) is 20.6. The minimum Gasteiger partial charge on any atom is -0.494 e. The number of nitrogens with one attached hydrogen (secondary N) is 1. The molecule has 1 saturated heterocycles. The number of H-pyrrole nitrogens is 1. The average molecular weight is 490 g/mol. The molecular formula is C26H31N7O3. The van der Waals surface area contributed by atoms with E-state index in [4.69, 9.17) is 9.47 Å². The van der Waals surface area contributed by atoms with Gasteiger partial charge in [0.05, 0.1) is 19.8 Å². The van der Waals surface area contributed by atoms with Crippen LogP contribution in [0.3, 0.4) is 0 Å². The Labute approximate surface area is 209 Å². The summed E-state index contributed by atoms with van der Waals surface area (Å²) in [5.41, 5.74) is 2.42. The Morgan fingerprint density at radius 3 is 2.61 bits per heavy atom. The Bertz CT molecular complexity index is 1350. The van der Waals surface area contributed by atoms with Crippen LogP contribution in [0.5, 0.6) is 5.75 Å². The van der Waals surface area contributed by atoms with Crippen LogP contribution in [-0.2, 0) is 11.3 Å². The largest absolute Gasteiger partial charge is 0.494 e. The second kappa shape index (κ2) is 10.9. The van der Waals surface area contributed by atoms with Crippen LogP contribution in [0, 0.1) is 0 Å². The Morgan fingerprint density at radius 2 is 1.86 bits per heavy atom. The Kier molecular flexibility index (Phi) is 7.24. The Hall–Kier alpha value is -3.76. The summed E-state index contributed by atoms with van der Waals surface area (Å²) >= 11 is 0. The van der Waals surface area contributed by atoms with Crippen molar-refractivity contribution in [3.05, 3.63) is 76.3 Å². The number of ether oxygens (including phenoxy) is 2. The van der Waals surface area contributed by atoms with Gasteiger partial charge in [0.25, 0.3) is 5.56 Å². The number of benzene rings is 2. The Balaban J connectivity index is 1.53. The first-order valence-corrected chi connectivity index (χ1v) is 12.3. The molecule has 36 heavy (non-hydrogen) atoms. The normalized spacial score (nSPS) is 15.3. The fraction of sp³-hybridized carbons (Fsp3) is 0.385. The predicted molar refractivity (Wildman–Crippen MR) is 138 cm³/mol. The molecule has 188 valence electrons. The van der Waals surface area contributed by atoms with Crippen LogP contribution >= 0.6 is 0 Å². The number of pyridine rings is 1. The molecule has 0 radical (unpaired) electrons.